The van der Waals surface area contributed by atoms with Crippen molar-refractivity contribution in [3.8, 4) is 0 Å². The third-order valence-corrected chi connectivity index (χ3v) is 2.89. The molecule has 0 spiro atoms. The average molecular weight is 215 g/mol. The van der Waals surface area contributed by atoms with Crippen molar-refractivity contribution in [3.05, 3.63) is 0 Å². The van der Waals surface area contributed by atoms with Gasteiger partial charge < -0.3 is 9.84 Å². The van der Waals surface area contributed by atoms with E-state index in [4.69, 9.17) is 9.84 Å². The minimum Gasteiger partial charge on any atom is -0.481 e. The van der Waals surface area contributed by atoms with Crippen LogP contribution in [-0.2, 0) is 9.53 Å². The zero-order valence-electron chi connectivity index (χ0n) is 9.45. The molecule has 0 radical (unpaired) electrons. The Labute approximate surface area is 91.2 Å². The van der Waals surface area contributed by atoms with Crippen LogP contribution < -0.4 is 0 Å². The quantitative estimate of drug-likeness (QED) is 0.677. The van der Waals surface area contributed by atoms with Gasteiger partial charge in [0.15, 0.2) is 0 Å². The second kappa shape index (κ2) is 6.80. The molecule has 1 unspecified atom stereocenters. The van der Waals surface area contributed by atoms with E-state index in [1.807, 2.05) is 0 Å². The summed E-state index contributed by atoms with van der Waals surface area (Å²) in [6.45, 7) is 6.58. The van der Waals surface area contributed by atoms with Crippen LogP contribution in [0.5, 0.6) is 0 Å². The second-order valence-corrected chi connectivity index (χ2v) is 4.19. The van der Waals surface area contributed by atoms with Gasteiger partial charge in [-0.05, 0) is 19.4 Å². The maximum atomic E-state index is 10.6. The Hall–Kier alpha value is -0.610. The van der Waals surface area contributed by atoms with Crippen LogP contribution >= 0.6 is 0 Å². The number of aliphatic carboxylic acids is 1. The van der Waals surface area contributed by atoms with Gasteiger partial charge >= 0.3 is 5.97 Å². The average Bonchev–Trinajstić information content (AvgIpc) is 2.25. The lowest BCUT2D eigenvalue weighted by atomic mass is 10.0. The van der Waals surface area contributed by atoms with Crippen molar-refractivity contribution in [2.75, 3.05) is 32.8 Å². The third-order valence-electron chi connectivity index (χ3n) is 2.89. The number of unbranched alkanes of at least 4 members (excludes halogenated alkanes) is 1. The summed E-state index contributed by atoms with van der Waals surface area (Å²) in [5.74, 6) is -0.879. The molecule has 0 aromatic heterocycles. The highest BCUT2D eigenvalue weighted by Gasteiger charge is 2.12. The van der Waals surface area contributed by atoms with Crippen molar-refractivity contribution >= 4 is 5.97 Å². The monoisotopic (exact) mass is 215 g/mol. The number of hydrogen-bond acceptors (Lipinski definition) is 3. The molecular weight excluding hydrogens is 194 g/mol. The maximum Gasteiger partial charge on any atom is 0.306 e. The molecule has 1 saturated heterocycles. The van der Waals surface area contributed by atoms with Gasteiger partial charge in [0.05, 0.1) is 19.1 Å². The number of morpholine rings is 1. The molecule has 1 aliphatic heterocycles. The molecule has 1 atom stereocenters. The lowest BCUT2D eigenvalue weighted by Crippen LogP contribution is -2.36. The zero-order chi connectivity index (χ0) is 11.1. The third kappa shape index (κ3) is 5.14. The Balaban J connectivity index is 1.98. The van der Waals surface area contributed by atoms with Crippen molar-refractivity contribution in [2.24, 2.45) is 5.92 Å². The molecule has 0 bridgehead atoms. The highest BCUT2D eigenvalue weighted by Crippen LogP contribution is 2.09. The van der Waals surface area contributed by atoms with Gasteiger partial charge in [-0.2, -0.15) is 0 Å². The predicted molar refractivity (Wildman–Crippen MR) is 57.9 cm³/mol. The molecule has 1 aliphatic rings. The van der Waals surface area contributed by atoms with E-state index in [9.17, 15) is 4.79 Å². The Kier molecular flexibility index (Phi) is 5.65. The minimum atomic E-state index is -0.679. The van der Waals surface area contributed by atoms with Gasteiger partial charge in [0.2, 0.25) is 0 Å². The van der Waals surface area contributed by atoms with Gasteiger partial charge in [-0.25, -0.2) is 0 Å². The van der Waals surface area contributed by atoms with Crippen molar-refractivity contribution in [1.82, 2.24) is 4.90 Å². The van der Waals surface area contributed by atoms with Gasteiger partial charge in [0.1, 0.15) is 0 Å². The van der Waals surface area contributed by atoms with Gasteiger partial charge in [0.25, 0.3) is 0 Å². The topological polar surface area (TPSA) is 49.8 Å². The van der Waals surface area contributed by atoms with Crippen molar-refractivity contribution in [3.63, 3.8) is 0 Å². The molecule has 0 aromatic carbocycles. The lowest BCUT2D eigenvalue weighted by Gasteiger charge is -2.26. The second-order valence-electron chi connectivity index (χ2n) is 4.19. The molecule has 0 amide bonds. The fourth-order valence-electron chi connectivity index (χ4n) is 1.73. The number of ether oxygens (including phenoxy) is 1. The Morgan fingerprint density at radius 1 is 1.40 bits per heavy atom. The van der Waals surface area contributed by atoms with Crippen molar-refractivity contribution < 1.29 is 14.6 Å². The number of carboxylic acid groups (broad SMARTS) is 1. The normalized spacial score (nSPS) is 20.1. The first-order valence-electron chi connectivity index (χ1n) is 5.73. The molecule has 0 aromatic rings. The number of carbonyl (C=O) groups is 1. The fraction of sp³-hybridized carbons (Fsp3) is 0.909. The Morgan fingerprint density at radius 3 is 2.67 bits per heavy atom. The van der Waals surface area contributed by atoms with Crippen molar-refractivity contribution in [2.45, 2.75) is 26.2 Å². The molecule has 0 saturated carbocycles. The molecule has 1 N–H and O–H groups in total. The molecule has 1 heterocycles. The first kappa shape index (κ1) is 12.5. The number of nitrogens with zero attached hydrogens (tertiary/aromatic N) is 1. The van der Waals surface area contributed by atoms with E-state index in [1.54, 1.807) is 6.92 Å². The summed E-state index contributed by atoms with van der Waals surface area (Å²) in [5, 5.41) is 8.70. The van der Waals surface area contributed by atoms with E-state index in [0.29, 0.717) is 0 Å². The summed E-state index contributed by atoms with van der Waals surface area (Å²) in [6.07, 6.45) is 2.89. The van der Waals surface area contributed by atoms with E-state index < -0.39 is 5.97 Å². The van der Waals surface area contributed by atoms with E-state index in [2.05, 4.69) is 4.90 Å². The van der Waals surface area contributed by atoms with Gasteiger partial charge in [0, 0.05) is 13.1 Å². The Bertz CT molecular complexity index is 190. The summed E-state index contributed by atoms with van der Waals surface area (Å²) in [6, 6.07) is 0. The van der Waals surface area contributed by atoms with Gasteiger partial charge in [-0.1, -0.05) is 13.3 Å². The molecule has 4 nitrogen and oxygen atoms in total. The summed E-state index contributed by atoms with van der Waals surface area (Å²) < 4.78 is 5.26. The van der Waals surface area contributed by atoms with Crippen LogP contribution in [0, 0.1) is 5.92 Å². The molecular formula is C11H21NO3. The largest absolute Gasteiger partial charge is 0.481 e. The summed E-state index contributed by atoms with van der Waals surface area (Å²) in [5.41, 5.74) is 0. The van der Waals surface area contributed by atoms with Crippen LogP contribution in [0.4, 0.5) is 0 Å². The van der Waals surface area contributed by atoms with Crippen LogP contribution in [0.1, 0.15) is 26.2 Å². The summed E-state index contributed by atoms with van der Waals surface area (Å²) in [7, 11) is 0. The van der Waals surface area contributed by atoms with E-state index in [0.717, 1.165) is 52.1 Å². The van der Waals surface area contributed by atoms with Gasteiger partial charge in [-0.15, -0.1) is 0 Å². The zero-order valence-corrected chi connectivity index (χ0v) is 9.45. The first-order valence-corrected chi connectivity index (χ1v) is 5.73. The maximum absolute atomic E-state index is 10.6. The molecule has 1 fully saturated rings. The number of carboxylic acids is 1. The van der Waals surface area contributed by atoms with E-state index in [-0.39, 0.29) is 5.92 Å². The van der Waals surface area contributed by atoms with Crippen LogP contribution in [0.25, 0.3) is 0 Å². The lowest BCUT2D eigenvalue weighted by molar-refractivity contribution is -0.141. The molecule has 4 heteroatoms. The van der Waals surface area contributed by atoms with Gasteiger partial charge in [-0.3, -0.25) is 9.69 Å². The number of hydrogen-bond donors (Lipinski definition) is 1. The summed E-state index contributed by atoms with van der Waals surface area (Å²) in [4.78, 5) is 13.0. The number of rotatable bonds is 6. The van der Waals surface area contributed by atoms with Crippen LogP contribution in [-0.4, -0.2) is 48.8 Å². The van der Waals surface area contributed by atoms with Crippen LogP contribution in [0.3, 0.4) is 0 Å². The molecule has 0 aliphatic carbocycles. The molecule has 15 heavy (non-hydrogen) atoms. The SMILES string of the molecule is CC(CCCCN1CCOCC1)C(=O)O. The highest BCUT2D eigenvalue weighted by molar-refractivity contribution is 5.69. The predicted octanol–water partition coefficient (Wildman–Crippen LogP) is 1.21. The smallest absolute Gasteiger partial charge is 0.306 e. The minimum absolute atomic E-state index is 0.199. The standard InChI is InChI=1S/C11H21NO3/c1-10(11(13)14)4-2-3-5-12-6-8-15-9-7-12/h10H,2-9H2,1H3,(H,13,14). The van der Waals surface area contributed by atoms with Crippen LogP contribution in [0.15, 0.2) is 0 Å². The van der Waals surface area contributed by atoms with Crippen LogP contribution in [0.2, 0.25) is 0 Å². The first-order chi connectivity index (χ1) is 7.20. The highest BCUT2D eigenvalue weighted by atomic mass is 16.5. The molecule has 1 rings (SSSR count). The fourth-order valence-corrected chi connectivity index (χ4v) is 1.73. The summed E-state index contributed by atoms with van der Waals surface area (Å²) >= 11 is 0. The van der Waals surface area contributed by atoms with E-state index >= 15 is 0 Å². The van der Waals surface area contributed by atoms with E-state index in [1.165, 1.54) is 0 Å². The molecule has 88 valence electrons. The Morgan fingerprint density at radius 2 is 2.07 bits per heavy atom. The van der Waals surface area contributed by atoms with Crippen molar-refractivity contribution in [1.29, 1.82) is 0 Å².